The highest BCUT2D eigenvalue weighted by atomic mass is 32.2. The maximum Gasteiger partial charge on any atom is 0.341 e. The number of nitrogens with one attached hydrogen (secondary N) is 2. The minimum Gasteiger partial charge on any atom is -0.462 e. The molecular weight excluding hydrogens is 426 g/mol. The van der Waals surface area contributed by atoms with Gasteiger partial charge in [-0.1, -0.05) is 20.8 Å². The van der Waals surface area contributed by atoms with Crippen LogP contribution in [0.25, 0.3) is 0 Å². The van der Waals surface area contributed by atoms with Gasteiger partial charge in [-0.15, -0.1) is 23.1 Å². The number of anilines is 1. The van der Waals surface area contributed by atoms with Gasteiger partial charge >= 0.3 is 5.97 Å². The molecule has 1 aromatic rings. The summed E-state index contributed by atoms with van der Waals surface area (Å²) in [6.45, 7) is 10.3. The number of thiophene rings is 1. The lowest BCUT2D eigenvalue weighted by atomic mass is 10.1. The maximum atomic E-state index is 12.6. The molecule has 10 heteroatoms. The summed E-state index contributed by atoms with van der Waals surface area (Å²) in [5, 5.41) is 6.04. The van der Waals surface area contributed by atoms with Gasteiger partial charge in [-0.2, -0.15) is 0 Å². The molecule has 166 valence electrons. The zero-order valence-electron chi connectivity index (χ0n) is 18.0. The number of nitrogens with zero attached hydrogens (tertiary/aromatic N) is 1. The normalized spacial score (nSPS) is 16.6. The molecular formula is C20H29N3O5S2. The van der Waals surface area contributed by atoms with Gasteiger partial charge in [0.25, 0.3) is 0 Å². The molecule has 1 aromatic heterocycles. The van der Waals surface area contributed by atoms with Crippen molar-refractivity contribution >= 4 is 51.8 Å². The third kappa shape index (κ3) is 5.98. The van der Waals surface area contributed by atoms with Crippen LogP contribution in [0.5, 0.6) is 0 Å². The molecule has 2 N–H and O–H groups in total. The highest BCUT2D eigenvalue weighted by Crippen LogP contribution is 2.34. The van der Waals surface area contributed by atoms with Crippen molar-refractivity contribution in [3.05, 3.63) is 16.0 Å². The molecule has 0 unspecified atom stereocenters. The molecule has 2 rings (SSSR count). The van der Waals surface area contributed by atoms with Crippen LogP contribution in [0, 0.1) is 12.8 Å². The number of esters is 1. The van der Waals surface area contributed by atoms with Crippen LogP contribution in [-0.4, -0.2) is 53.0 Å². The van der Waals surface area contributed by atoms with Gasteiger partial charge in [0, 0.05) is 11.4 Å². The van der Waals surface area contributed by atoms with Crippen molar-refractivity contribution < 1.29 is 23.9 Å². The minimum absolute atomic E-state index is 0.0213. The second kappa shape index (κ2) is 10.8. The highest BCUT2D eigenvalue weighted by molar-refractivity contribution is 8.00. The number of carbonyl (C=O) groups excluding carboxylic acids is 4. The van der Waals surface area contributed by atoms with E-state index in [2.05, 4.69) is 10.6 Å². The second-order valence-electron chi connectivity index (χ2n) is 7.31. The van der Waals surface area contributed by atoms with Crippen molar-refractivity contribution in [2.75, 3.05) is 24.2 Å². The summed E-state index contributed by atoms with van der Waals surface area (Å²) in [6.07, 6.45) is 0.481. The number of ether oxygens (including phenoxy) is 1. The summed E-state index contributed by atoms with van der Waals surface area (Å²) in [5.74, 6) is -1.09. The molecule has 8 nitrogen and oxygen atoms in total. The number of amides is 3. The van der Waals surface area contributed by atoms with E-state index in [4.69, 9.17) is 4.74 Å². The summed E-state index contributed by atoms with van der Waals surface area (Å²) < 4.78 is 5.16. The van der Waals surface area contributed by atoms with E-state index in [0.29, 0.717) is 23.5 Å². The Labute approximate surface area is 185 Å². The molecule has 1 aliphatic heterocycles. The zero-order chi connectivity index (χ0) is 22.4. The van der Waals surface area contributed by atoms with Crippen LogP contribution >= 0.6 is 23.1 Å². The van der Waals surface area contributed by atoms with E-state index in [1.165, 1.54) is 23.1 Å². The largest absolute Gasteiger partial charge is 0.462 e. The SMILES string of the molecule is CCOC(=O)c1c(NC(=O)CS[C@@H]2NC(=O)CC(=O)N2CC(C)C)sc(C)c1CC. The fraction of sp³-hybridized carbons (Fsp3) is 0.600. The fourth-order valence-corrected chi connectivity index (χ4v) is 5.32. The summed E-state index contributed by atoms with van der Waals surface area (Å²) in [4.78, 5) is 51.6. The summed E-state index contributed by atoms with van der Waals surface area (Å²) in [5.41, 5.74) is 0.685. The van der Waals surface area contributed by atoms with Crippen LogP contribution in [0.1, 0.15) is 54.9 Å². The molecule has 30 heavy (non-hydrogen) atoms. The van der Waals surface area contributed by atoms with Gasteiger partial charge in [0.15, 0.2) is 5.50 Å². The first-order valence-corrected chi connectivity index (χ1v) is 11.8. The maximum absolute atomic E-state index is 12.6. The summed E-state index contributed by atoms with van der Waals surface area (Å²) >= 11 is 2.52. The van der Waals surface area contributed by atoms with Crippen molar-refractivity contribution in [3.63, 3.8) is 0 Å². The monoisotopic (exact) mass is 455 g/mol. The van der Waals surface area contributed by atoms with Crippen molar-refractivity contribution in [1.82, 2.24) is 10.2 Å². The van der Waals surface area contributed by atoms with Crippen LogP contribution in [0.4, 0.5) is 5.00 Å². The number of hydrogen-bond acceptors (Lipinski definition) is 7. The van der Waals surface area contributed by atoms with Crippen molar-refractivity contribution in [2.45, 2.75) is 53.0 Å². The first-order valence-electron chi connectivity index (χ1n) is 9.97. The van der Waals surface area contributed by atoms with Crippen LogP contribution in [0.2, 0.25) is 0 Å². The molecule has 0 saturated carbocycles. The quantitative estimate of drug-likeness (QED) is 0.438. The lowest BCUT2D eigenvalue weighted by Crippen LogP contribution is -2.56. The Bertz CT molecular complexity index is 822. The van der Waals surface area contributed by atoms with Gasteiger partial charge in [-0.25, -0.2) is 4.79 Å². The lowest BCUT2D eigenvalue weighted by Gasteiger charge is -2.36. The van der Waals surface area contributed by atoms with E-state index in [9.17, 15) is 19.2 Å². The molecule has 0 bridgehead atoms. The van der Waals surface area contributed by atoms with E-state index < -0.39 is 11.5 Å². The molecule has 0 radical (unpaired) electrons. The van der Waals surface area contributed by atoms with E-state index in [-0.39, 0.29) is 42.4 Å². The number of thioether (sulfide) groups is 1. The first kappa shape index (κ1) is 24.2. The number of carbonyl (C=O) groups is 4. The minimum atomic E-state index is -0.590. The summed E-state index contributed by atoms with van der Waals surface area (Å²) in [7, 11) is 0. The van der Waals surface area contributed by atoms with Crippen LogP contribution in [0.3, 0.4) is 0 Å². The lowest BCUT2D eigenvalue weighted by molar-refractivity contribution is -0.142. The topological polar surface area (TPSA) is 105 Å². The van der Waals surface area contributed by atoms with Crippen LogP contribution in [0.15, 0.2) is 0 Å². The molecule has 1 aliphatic rings. The van der Waals surface area contributed by atoms with Crippen LogP contribution < -0.4 is 10.6 Å². The predicted molar refractivity (Wildman–Crippen MR) is 119 cm³/mol. The first-order chi connectivity index (χ1) is 14.2. The molecule has 2 heterocycles. The predicted octanol–water partition coefficient (Wildman–Crippen LogP) is 2.76. The smallest absolute Gasteiger partial charge is 0.341 e. The van der Waals surface area contributed by atoms with Gasteiger partial charge in [0.2, 0.25) is 17.7 Å². The Kier molecular flexibility index (Phi) is 8.72. The Morgan fingerprint density at radius 1 is 1.33 bits per heavy atom. The zero-order valence-corrected chi connectivity index (χ0v) is 19.6. The Hall–Kier alpha value is -2.07. The van der Waals surface area contributed by atoms with Gasteiger partial charge in [-0.3, -0.25) is 14.4 Å². The molecule has 0 aliphatic carbocycles. The number of aryl methyl sites for hydroxylation is 1. The molecule has 0 spiro atoms. The van der Waals surface area contributed by atoms with E-state index in [1.807, 2.05) is 27.7 Å². The molecule has 1 atom stereocenters. The summed E-state index contributed by atoms with van der Waals surface area (Å²) in [6, 6.07) is 0. The van der Waals surface area contributed by atoms with Crippen molar-refractivity contribution in [3.8, 4) is 0 Å². The van der Waals surface area contributed by atoms with Crippen LogP contribution in [-0.2, 0) is 25.5 Å². The standard InChI is InChI=1S/C20H29N3O5S2/c1-6-13-12(5)30-18(17(13)19(27)28-7-2)21-15(25)10-29-20-22-14(24)8-16(26)23(20)9-11(3)4/h11,20H,6-10H2,1-5H3,(H,21,25)(H,22,24)/t20-/m1/s1. The van der Waals surface area contributed by atoms with Gasteiger partial charge in [0.05, 0.1) is 17.9 Å². The number of hydrogen-bond donors (Lipinski definition) is 2. The molecule has 0 aromatic carbocycles. The third-order valence-corrected chi connectivity index (χ3v) is 6.61. The Morgan fingerprint density at radius 2 is 2.03 bits per heavy atom. The van der Waals surface area contributed by atoms with Crippen molar-refractivity contribution in [2.24, 2.45) is 5.92 Å². The fourth-order valence-electron chi connectivity index (χ4n) is 3.19. The van der Waals surface area contributed by atoms with Crippen molar-refractivity contribution in [1.29, 1.82) is 0 Å². The van der Waals surface area contributed by atoms with E-state index in [1.54, 1.807) is 11.8 Å². The number of rotatable bonds is 9. The van der Waals surface area contributed by atoms with Gasteiger partial charge in [-0.05, 0) is 31.7 Å². The molecule has 1 saturated heterocycles. The van der Waals surface area contributed by atoms with Gasteiger partial charge < -0.3 is 20.3 Å². The molecule has 1 fully saturated rings. The van der Waals surface area contributed by atoms with Gasteiger partial charge in [0.1, 0.15) is 11.4 Å². The highest BCUT2D eigenvalue weighted by Gasteiger charge is 2.33. The van der Waals surface area contributed by atoms with E-state index >= 15 is 0 Å². The molecule has 3 amide bonds. The average molecular weight is 456 g/mol. The Morgan fingerprint density at radius 3 is 2.63 bits per heavy atom. The van der Waals surface area contributed by atoms with E-state index in [0.717, 1.165) is 10.4 Å². The Balaban J connectivity index is 2.09. The average Bonchev–Trinajstić information content (AvgIpc) is 2.97. The second-order valence-corrected chi connectivity index (χ2v) is 9.60. The third-order valence-electron chi connectivity index (χ3n) is 4.43.